The molecule has 0 aliphatic heterocycles. The molecule has 0 aliphatic carbocycles. The second-order valence-electron chi connectivity index (χ2n) is 4.83. The molecule has 5 nitrogen and oxygen atoms in total. The molecule has 3 rings (SSSR count). The molecule has 3 aromatic rings. The molecule has 0 spiro atoms. The van der Waals surface area contributed by atoms with E-state index >= 15 is 0 Å². The van der Waals surface area contributed by atoms with Crippen molar-refractivity contribution < 1.29 is 4.79 Å². The molecule has 0 atom stereocenters. The normalized spacial score (nSPS) is 10.5. The number of rotatable bonds is 6. The number of hydrogen-bond acceptors (Lipinski definition) is 4. The lowest BCUT2D eigenvalue weighted by molar-refractivity contribution is -0.120. The lowest BCUT2D eigenvalue weighted by atomic mass is 10.1. The maximum Gasteiger partial charge on any atom is 0.224 e. The molecule has 2 heterocycles. The van der Waals surface area contributed by atoms with Gasteiger partial charge in [-0.05, 0) is 11.6 Å². The average molecular weight is 312 g/mol. The van der Waals surface area contributed by atoms with Crippen LogP contribution in [0, 0.1) is 0 Å². The van der Waals surface area contributed by atoms with E-state index in [2.05, 4.69) is 15.4 Å². The van der Waals surface area contributed by atoms with Gasteiger partial charge in [0, 0.05) is 30.7 Å². The summed E-state index contributed by atoms with van der Waals surface area (Å²) in [7, 11) is 0. The summed E-state index contributed by atoms with van der Waals surface area (Å²) in [6.07, 6.45) is 4.73. The maximum atomic E-state index is 11.9. The second-order valence-corrected chi connectivity index (χ2v) is 5.67. The Morgan fingerprint density at radius 1 is 1.23 bits per heavy atom. The molecule has 22 heavy (non-hydrogen) atoms. The zero-order chi connectivity index (χ0) is 15.2. The summed E-state index contributed by atoms with van der Waals surface area (Å²) >= 11 is 1.55. The van der Waals surface area contributed by atoms with Crippen molar-refractivity contribution in [2.75, 3.05) is 6.54 Å². The van der Waals surface area contributed by atoms with Crippen LogP contribution in [0.2, 0.25) is 0 Å². The third-order valence-electron chi connectivity index (χ3n) is 3.15. The van der Waals surface area contributed by atoms with Gasteiger partial charge in [-0.15, -0.1) is 11.3 Å². The molecule has 1 amide bonds. The molecular weight excluding hydrogens is 296 g/mol. The lowest BCUT2D eigenvalue weighted by Gasteiger charge is -2.04. The molecule has 0 fully saturated rings. The molecule has 0 bridgehead atoms. The lowest BCUT2D eigenvalue weighted by Crippen LogP contribution is -2.27. The van der Waals surface area contributed by atoms with Crippen molar-refractivity contribution >= 4 is 17.2 Å². The fourth-order valence-corrected chi connectivity index (χ4v) is 2.87. The number of hydrogen-bond donors (Lipinski definition) is 1. The summed E-state index contributed by atoms with van der Waals surface area (Å²) in [4.78, 5) is 16.4. The highest BCUT2D eigenvalue weighted by Gasteiger charge is 2.06. The predicted molar refractivity (Wildman–Crippen MR) is 86.1 cm³/mol. The number of benzene rings is 1. The summed E-state index contributed by atoms with van der Waals surface area (Å²) in [5.74, 6) is 0.0359. The number of carbonyl (C=O) groups is 1. The van der Waals surface area contributed by atoms with E-state index in [1.165, 1.54) is 0 Å². The molecule has 112 valence electrons. The van der Waals surface area contributed by atoms with Crippen LogP contribution in [0.25, 0.3) is 5.13 Å². The molecule has 6 heteroatoms. The molecule has 2 aromatic heterocycles. The zero-order valence-corrected chi connectivity index (χ0v) is 12.8. The largest absolute Gasteiger partial charge is 0.355 e. The van der Waals surface area contributed by atoms with Crippen LogP contribution in [-0.4, -0.2) is 27.2 Å². The summed E-state index contributed by atoms with van der Waals surface area (Å²) in [6.45, 7) is 0.591. The number of nitrogens with zero attached hydrogens (tertiary/aromatic N) is 3. The molecule has 0 aliphatic rings. The average Bonchev–Trinajstić information content (AvgIpc) is 3.19. The van der Waals surface area contributed by atoms with Crippen molar-refractivity contribution in [3.05, 3.63) is 65.4 Å². The topological polar surface area (TPSA) is 59.8 Å². The van der Waals surface area contributed by atoms with E-state index in [0.29, 0.717) is 13.0 Å². The Kier molecular flexibility index (Phi) is 4.60. The molecule has 1 aromatic carbocycles. The van der Waals surface area contributed by atoms with Crippen molar-refractivity contribution in [3.63, 3.8) is 0 Å². The number of nitrogens with one attached hydrogen (secondary N) is 1. The summed E-state index contributed by atoms with van der Waals surface area (Å²) in [6, 6.07) is 11.6. The van der Waals surface area contributed by atoms with E-state index in [4.69, 9.17) is 0 Å². The fraction of sp³-hybridized carbons (Fsp3) is 0.188. The number of carbonyl (C=O) groups excluding carboxylic acids is 1. The van der Waals surface area contributed by atoms with Crippen molar-refractivity contribution in [3.8, 4) is 5.13 Å². The predicted octanol–water partition coefficient (Wildman–Crippen LogP) is 2.23. The van der Waals surface area contributed by atoms with Crippen LogP contribution >= 0.6 is 11.3 Å². The Balaban J connectivity index is 1.46. The molecule has 0 saturated carbocycles. The van der Waals surface area contributed by atoms with Gasteiger partial charge in [-0.3, -0.25) is 4.79 Å². The van der Waals surface area contributed by atoms with Crippen LogP contribution in [0.15, 0.2) is 54.2 Å². The van der Waals surface area contributed by atoms with E-state index in [1.807, 2.05) is 48.0 Å². The molecule has 1 N–H and O–H groups in total. The van der Waals surface area contributed by atoms with Crippen LogP contribution < -0.4 is 5.32 Å². The first-order valence-corrected chi connectivity index (χ1v) is 7.94. The van der Waals surface area contributed by atoms with Crippen molar-refractivity contribution in [2.24, 2.45) is 0 Å². The second kappa shape index (κ2) is 7.00. The van der Waals surface area contributed by atoms with E-state index in [0.717, 1.165) is 22.8 Å². The van der Waals surface area contributed by atoms with E-state index in [9.17, 15) is 4.79 Å². The Hall–Kier alpha value is -2.47. The van der Waals surface area contributed by atoms with E-state index in [-0.39, 0.29) is 5.91 Å². The van der Waals surface area contributed by atoms with Gasteiger partial charge in [0.1, 0.15) is 0 Å². The van der Waals surface area contributed by atoms with Crippen molar-refractivity contribution in [2.45, 2.75) is 12.8 Å². The Labute approximate surface area is 132 Å². The minimum absolute atomic E-state index is 0.0359. The summed E-state index contributed by atoms with van der Waals surface area (Å²) in [5, 5.41) is 9.92. The van der Waals surface area contributed by atoms with Crippen molar-refractivity contribution in [1.29, 1.82) is 0 Å². The van der Waals surface area contributed by atoms with Gasteiger partial charge in [0.05, 0.1) is 12.1 Å². The first kappa shape index (κ1) is 14.5. The fourth-order valence-electron chi connectivity index (χ4n) is 2.07. The standard InChI is InChI=1S/C16H16N4OS/c21-15(11-13-5-2-1-3-6-13)17-9-7-14-12-22-16(19-14)20-10-4-8-18-20/h1-6,8,10,12H,7,9,11H2,(H,17,21). The van der Waals surface area contributed by atoms with Gasteiger partial charge < -0.3 is 5.32 Å². The zero-order valence-electron chi connectivity index (χ0n) is 12.0. The number of amides is 1. The van der Waals surface area contributed by atoms with Gasteiger partial charge in [-0.2, -0.15) is 5.10 Å². The Morgan fingerprint density at radius 3 is 2.86 bits per heavy atom. The van der Waals surface area contributed by atoms with E-state index in [1.54, 1.807) is 22.2 Å². The van der Waals surface area contributed by atoms with Gasteiger partial charge in [-0.25, -0.2) is 9.67 Å². The first-order valence-electron chi connectivity index (χ1n) is 7.06. The third-order valence-corrected chi connectivity index (χ3v) is 4.03. The van der Waals surface area contributed by atoms with E-state index < -0.39 is 0 Å². The van der Waals surface area contributed by atoms with Gasteiger partial charge >= 0.3 is 0 Å². The quantitative estimate of drug-likeness (QED) is 0.759. The highest BCUT2D eigenvalue weighted by Crippen LogP contribution is 2.13. The van der Waals surface area contributed by atoms with Crippen LogP contribution in [0.1, 0.15) is 11.3 Å². The third kappa shape index (κ3) is 3.79. The van der Waals surface area contributed by atoms with Crippen LogP contribution in [0.5, 0.6) is 0 Å². The minimum atomic E-state index is 0.0359. The molecule has 0 unspecified atom stereocenters. The highest BCUT2D eigenvalue weighted by atomic mass is 32.1. The number of thiazole rings is 1. The van der Waals surface area contributed by atoms with Crippen LogP contribution in [0.3, 0.4) is 0 Å². The summed E-state index contributed by atoms with van der Waals surface area (Å²) < 4.78 is 1.74. The van der Waals surface area contributed by atoms with Crippen LogP contribution in [-0.2, 0) is 17.6 Å². The molecule has 0 radical (unpaired) electrons. The number of aromatic nitrogens is 3. The van der Waals surface area contributed by atoms with Gasteiger partial charge in [0.2, 0.25) is 11.0 Å². The van der Waals surface area contributed by atoms with Gasteiger partial charge in [0.25, 0.3) is 0 Å². The van der Waals surface area contributed by atoms with Gasteiger partial charge in [-0.1, -0.05) is 30.3 Å². The SMILES string of the molecule is O=C(Cc1ccccc1)NCCc1csc(-n2cccn2)n1. The summed E-state index contributed by atoms with van der Waals surface area (Å²) in [5.41, 5.74) is 1.99. The maximum absolute atomic E-state index is 11.9. The van der Waals surface area contributed by atoms with Crippen LogP contribution in [0.4, 0.5) is 0 Å². The monoisotopic (exact) mass is 312 g/mol. The Bertz CT molecular complexity index is 722. The smallest absolute Gasteiger partial charge is 0.224 e. The highest BCUT2D eigenvalue weighted by molar-refractivity contribution is 7.12. The minimum Gasteiger partial charge on any atom is -0.355 e. The van der Waals surface area contributed by atoms with Gasteiger partial charge in [0.15, 0.2) is 0 Å². The molecule has 0 saturated heterocycles. The Morgan fingerprint density at radius 2 is 2.09 bits per heavy atom. The molecular formula is C16H16N4OS. The van der Waals surface area contributed by atoms with Crippen molar-refractivity contribution in [1.82, 2.24) is 20.1 Å². The first-order chi connectivity index (χ1) is 10.8.